The van der Waals surface area contributed by atoms with Crippen LogP contribution in [0.15, 0.2) is 48.5 Å². The highest BCUT2D eigenvalue weighted by molar-refractivity contribution is 5.98. The number of carbonyl (C=O) groups is 2. The highest BCUT2D eigenvalue weighted by Crippen LogP contribution is 2.15. The van der Waals surface area contributed by atoms with E-state index in [1.807, 2.05) is 0 Å². The van der Waals surface area contributed by atoms with Crippen LogP contribution in [-0.2, 0) is 19.4 Å². The number of aryl methyl sites for hydroxylation is 2. The summed E-state index contributed by atoms with van der Waals surface area (Å²) in [5.41, 5.74) is 19.2. The molecular weight excluding hydrogens is 436 g/mol. The van der Waals surface area contributed by atoms with Gasteiger partial charge in [-0.15, -0.1) is 0 Å². The normalized spacial score (nSPS) is 10.5. The molecule has 1 heterocycles. The standard InChI is InChI=1S/C23H24N8O3/c24-19(25)14-6-1-12(2-7-14)5-10-16-17(23(33)34)31-21(28)18(30-16)22(32)29-11-13-3-8-15(9-4-13)20(26)27/h1-4,6-9H,5,10-11H2,(H3,24,25)(H3,26,27)(H2,28,31)(H,29,32)(H,33,34). The van der Waals surface area contributed by atoms with E-state index in [0.29, 0.717) is 17.5 Å². The van der Waals surface area contributed by atoms with E-state index in [9.17, 15) is 14.7 Å². The zero-order valence-electron chi connectivity index (χ0n) is 18.1. The second kappa shape index (κ2) is 10.2. The molecule has 11 heteroatoms. The minimum absolute atomic E-state index is 0.0467. The van der Waals surface area contributed by atoms with Crippen LogP contribution in [0.25, 0.3) is 0 Å². The quantitative estimate of drug-likeness (QED) is 0.180. The molecule has 1 amide bonds. The highest BCUT2D eigenvalue weighted by atomic mass is 16.4. The van der Waals surface area contributed by atoms with Crippen LogP contribution in [0.3, 0.4) is 0 Å². The van der Waals surface area contributed by atoms with Crippen molar-refractivity contribution in [3.05, 3.63) is 87.9 Å². The van der Waals surface area contributed by atoms with Gasteiger partial charge in [0.2, 0.25) is 0 Å². The Bertz CT molecular complexity index is 1250. The average molecular weight is 460 g/mol. The summed E-state index contributed by atoms with van der Waals surface area (Å²) in [6.45, 7) is 0.163. The third-order valence-electron chi connectivity index (χ3n) is 5.05. The van der Waals surface area contributed by atoms with Crippen LogP contribution in [0.2, 0.25) is 0 Å². The van der Waals surface area contributed by atoms with Crippen LogP contribution in [0.1, 0.15) is 48.9 Å². The second-order valence-electron chi connectivity index (χ2n) is 7.46. The summed E-state index contributed by atoms with van der Waals surface area (Å²) < 4.78 is 0. The van der Waals surface area contributed by atoms with E-state index in [-0.39, 0.29) is 47.5 Å². The topological polar surface area (TPSA) is 218 Å². The van der Waals surface area contributed by atoms with Crippen molar-refractivity contribution < 1.29 is 14.7 Å². The number of benzene rings is 2. The summed E-state index contributed by atoms with van der Waals surface area (Å²) in [6, 6.07) is 13.8. The van der Waals surface area contributed by atoms with Crippen LogP contribution in [-0.4, -0.2) is 38.6 Å². The Morgan fingerprint density at radius 1 is 0.824 bits per heavy atom. The SMILES string of the molecule is N=C(N)c1ccc(CCc2nc(C(=O)NCc3ccc(C(=N)N)cc3)c(N)nc2C(=O)O)cc1. The number of rotatable bonds is 9. The van der Waals surface area contributed by atoms with Gasteiger partial charge >= 0.3 is 5.97 Å². The monoisotopic (exact) mass is 460 g/mol. The fourth-order valence-electron chi connectivity index (χ4n) is 3.18. The summed E-state index contributed by atoms with van der Waals surface area (Å²) in [7, 11) is 0. The lowest BCUT2D eigenvalue weighted by molar-refractivity contribution is 0.0687. The van der Waals surface area contributed by atoms with E-state index in [0.717, 1.165) is 11.1 Å². The van der Waals surface area contributed by atoms with Crippen LogP contribution < -0.4 is 22.5 Å². The van der Waals surface area contributed by atoms with Gasteiger partial charge in [-0.05, 0) is 24.0 Å². The summed E-state index contributed by atoms with van der Waals surface area (Å²) in [5, 5.41) is 27.1. The van der Waals surface area contributed by atoms with Crippen molar-refractivity contribution in [2.24, 2.45) is 11.5 Å². The third kappa shape index (κ3) is 5.71. The maximum Gasteiger partial charge on any atom is 0.356 e. The maximum atomic E-state index is 12.7. The summed E-state index contributed by atoms with van der Waals surface area (Å²) in [4.78, 5) is 32.5. The fourth-order valence-corrected chi connectivity index (χ4v) is 3.18. The van der Waals surface area contributed by atoms with E-state index < -0.39 is 11.9 Å². The van der Waals surface area contributed by atoms with Crippen molar-refractivity contribution in [1.29, 1.82) is 10.8 Å². The number of aromatic nitrogens is 2. The van der Waals surface area contributed by atoms with Gasteiger partial charge in [-0.25, -0.2) is 14.8 Å². The van der Waals surface area contributed by atoms with Gasteiger partial charge in [0.1, 0.15) is 11.7 Å². The molecule has 0 unspecified atom stereocenters. The van der Waals surface area contributed by atoms with Gasteiger partial charge in [-0.1, -0.05) is 48.5 Å². The number of nitrogens with two attached hydrogens (primary N) is 3. The minimum Gasteiger partial charge on any atom is -0.476 e. The molecule has 0 bridgehead atoms. The Morgan fingerprint density at radius 2 is 1.35 bits per heavy atom. The number of aromatic carboxylic acids is 1. The molecule has 3 rings (SSSR count). The zero-order chi connectivity index (χ0) is 24.8. The van der Waals surface area contributed by atoms with Crippen molar-refractivity contribution >= 4 is 29.4 Å². The number of amides is 1. The Labute approximate surface area is 195 Å². The van der Waals surface area contributed by atoms with Gasteiger partial charge in [0, 0.05) is 17.7 Å². The second-order valence-corrected chi connectivity index (χ2v) is 7.46. The number of nitrogen functional groups attached to an aromatic ring is 3. The molecule has 0 spiro atoms. The molecule has 0 atom stereocenters. The minimum atomic E-state index is -1.29. The number of amidine groups is 2. The molecule has 3 aromatic rings. The maximum absolute atomic E-state index is 12.7. The van der Waals surface area contributed by atoms with E-state index >= 15 is 0 Å². The summed E-state index contributed by atoms with van der Waals surface area (Å²) in [6.07, 6.45) is 0.641. The van der Waals surface area contributed by atoms with Gasteiger partial charge in [0.15, 0.2) is 17.2 Å². The molecule has 0 fully saturated rings. The van der Waals surface area contributed by atoms with E-state index in [1.54, 1.807) is 48.5 Å². The molecule has 1 aromatic heterocycles. The first-order chi connectivity index (χ1) is 16.2. The fraction of sp³-hybridized carbons (Fsp3) is 0.130. The molecule has 11 nitrogen and oxygen atoms in total. The molecule has 10 N–H and O–H groups in total. The number of hydrogen-bond donors (Lipinski definition) is 7. The predicted octanol–water partition coefficient (Wildman–Crippen LogP) is 1.04. The van der Waals surface area contributed by atoms with Crippen LogP contribution in [0.4, 0.5) is 5.82 Å². The lowest BCUT2D eigenvalue weighted by Crippen LogP contribution is -2.27. The number of anilines is 1. The van der Waals surface area contributed by atoms with E-state index in [1.165, 1.54) is 0 Å². The first kappa shape index (κ1) is 23.9. The predicted molar refractivity (Wildman–Crippen MR) is 127 cm³/mol. The summed E-state index contributed by atoms with van der Waals surface area (Å²) >= 11 is 0. The first-order valence-electron chi connectivity index (χ1n) is 10.2. The number of nitrogens with zero attached hydrogens (tertiary/aromatic N) is 2. The van der Waals surface area contributed by atoms with Gasteiger partial charge in [-0.3, -0.25) is 15.6 Å². The number of carboxylic acids is 1. The third-order valence-corrected chi connectivity index (χ3v) is 5.05. The lowest BCUT2D eigenvalue weighted by Gasteiger charge is -2.11. The first-order valence-corrected chi connectivity index (χ1v) is 10.2. The molecule has 0 aliphatic rings. The molecule has 0 saturated heterocycles. The van der Waals surface area contributed by atoms with Gasteiger partial charge in [0.25, 0.3) is 5.91 Å². The number of carbonyl (C=O) groups excluding carboxylic acids is 1. The van der Waals surface area contributed by atoms with Crippen LogP contribution in [0, 0.1) is 10.8 Å². The van der Waals surface area contributed by atoms with Crippen molar-refractivity contribution in [2.45, 2.75) is 19.4 Å². The summed E-state index contributed by atoms with van der Waals surface area (Å²) in [5.74, 6) is -2.27. The molecule has 0 radical (unpaired) electrons. The lowest BCUT2D eigenvalue weighted by atomic mass is 10.0. The zero-order valence-corrected chi connectivity index (χ0v) is 18.1. The van der Waals surface area contributed by atoms with E-state index in [2.05, 4.69) is 15.3 Å². The highest BCUT2D eigenvalue weighted by Gasteiger charge is 2.21. The average Bonchev–Trinajstić information content (AvgIpc) is 2.81. The smallest absolute Gasteiger partial charge is 0.356 e. The van der Waals surface area contributed by atoms with Gasteiger partial charge in [-0.2, -0.15) is 0 Å². The molecule has 0 aliphatic heterocycles. The van der Waals surface area contributed by atoms with Crippen molar-refractivity contribution in [3.63, 3.8) is 0 Å². The van der Waals surface area contributed by atoms with Crippen molar-refractivity contribution in [2.75, 3.05) is 5.73 Å². The Balaban J connectivity index is 1.76. The molecule has 174 valence electrons. The van der Waals surface area contributed by atoms with E-state index in [4.69, 9.17) is 28.0 Å². The molecule has 34 heavy (non-hydrogen) atoms. The number of carboxylic acid groups (broad SMARTS) is 1. The Hall–Kier alpha value is -4.80. The number of nitrogens with one attached hydrogen (secondary N) is 3. The Kier molecular flexibility index (Phi) is 7.16. The molecular formula is C23H24N8O3. The number of hydrogen-bond acceptors (Lipinski definition) is 7. The molecule has 2 aromatic carbocycles. The van der Waals surface area contributed by atoms with Gasteiger partial charge in [0.05, 0.1) is 5.69 Å². The van der Waals surface area contributed by atoms with Gasteiger partial charge < -0.3 is 27.6 Å². The van der Waals surface area contributed by atoms with Crippen LogP contribution in [0.5, 0.6) is 0 Å². The largest absolute Gasteiger partial charge is 0.476 e. The van der Waals surface area contributed by atoms with Crippen LogP contribution >= 0.6 is 0 Å². The molecule has 0 aliphatic carbocycles. The Morgan fingerprint density at radius 3 is 1.85 bits per heavy atom. The van der Waals surface area contributed by atoms with Crippen molar-refractivity contribution in [1.82, 2.24) is 15.3 Å². The molecule has 0 saturated carbocycles. The van der Waals surface area contributed by atoms with Crippen molar-refractivity contribution in [3.8, 4) is 0 Å².